The minimum absolute atomic E-state index is 0.0501. The number of rotatable bonds is 4. The molecule has 2 aliphatic heterocycles. The van der Waals surface area contributed by atoms with Crippen LogP contribution < -0.4 is 15.2 Å². The number of hydrogen-bond donors (Lipinski definition) is 2. The highest BCUT2D eigenvalue weighted by Gasteiger charge is 2.33. The molecule has 0 saturated heterocycles. The maximum atomic E-state index is 12.2. The first kappa shape index (κ1) is 19.4. The molecule has 2 unspecified atom stereocenters. The highest BCUT2D eigenvalue weighted by molar-refractivity contribution is 7.88. The van der Waals surface area contributed by atoms with Crippen molar-refractivity contribution in [2.45, 2.75) is 12.0 Å². The number of hydrogen-bond acceptors (Lipinski definition) is 6. The Balaban J connectivity index is 1.71. The number of nitrogens with zero attached hydrogens (tertiary/aromatic N) is 1. The van der Waals surface area contributed by atoms with Gasteiger partial charge in [0.2, 0.25) is 15.9 Å². The molecule has 152 valence electrons. The van der Waals surface area contributed by atoms with Crippen LogP contribution in [0.25, 0.3) is 0 Å². The molecule has 7 nitrogen and oxygen atoms in total. The summed E-state index contributed by atoms with van der Waals surface area (Å²) < 4.78 is 37.3. The number of benzene rings is 2. The van der Waals surface area contributed by atoms with Crippen LogP contribution in [0, 0.1) is 0 Å². The number of fused-ring (bicyclic) bond motifs is 1. The highest BCUT2D eigenvalue weighted by Crippen LogP contribution is 2.43. The third-order valence-corrected chi connectivity index (χ3v) is 6.12. The summed E-state index contributed by atoms with van der Waals surface area (Å²) >= 11 is 0. The topological polar surface area (TPSA) is 102 Å². The molecule has 0 aromatic heterocycles. The smallest absolute Gasteiger partial charge is 0.234 e. The maximum absolute atomic E-state index is 12.2. The molecule has 2 aromatic carbocycles. The molecule has 8 heteroatoms. The molecular formula is C21H22N2O5S. The molecule has 0 amide bonds. The zero-order chi connectivity index (χ0) is 20.6. The van der Waals surface area contributed by atoms with Gasteiger partial charge in [-0.05, 0) is 18.2 Å². The van der Waals surface area contributed by atoms with E-state index < -0.39 is 16.1 Å². The van der Waals surface area contributed by atoms with Gasteiger partial charge >= 0.3 is 0 Å². The van der Waals surface area contributed by atoms with E-state index in [4.69, 9.17) is 15.2 Å². The van der Waals surface area contributed by atoms with Crippen LogP contribution in [0.5, 0.6) is 11.5 Å². The Morgan fingerprint density at radius 2 is 1.83 bits per heavy atom. The van der Waals surface area contributed by atoms with Gasteiger partial charge in [0.25, 0.3) is 0 Å². The molecule has 29 heavy (non-hydrogen) atoms. The van der Waals surface area contributed by atoms with E-state index in [0.717, 1.165) is 10.6 Å². The van der Waals surface area contributed by atoms with Gasteiger partial charge in [0, 0.05) is 11.1 Å². The van der Waals surface area contributed by atoms with Crippen LogP contribution >= 0.6 is 0 Å². The van der Waals surface area contributed by atoms with Gasteiger partial charge in [-0.25, -0.2) is 12.7 Å². The summed E-state index contributed by atoms with van der Waals surface area (Å²) in [5.41, 5.74) is 7.64. The van der Waals surface area contributed by atoms with E-state index in [1.165, 1.54) is 0 Å². The summed E-state index contributed by atoms with van der Waals surface area (Å²) in [4.78, 5) is 0. The first-order valence-electron chi connectivity index (χ1n) is 9.17. The summed E-state index contributed by atoms with van der Waals surface area (Å²) in [5.74, 6) is 0.742. The second-order valence-corrected chi connectivity index (χ2v) is 8.90. The Bertz CT molecular complexity index is 1090. The molecule has 2 atom stereocenters. The lowest BCUT2D eigenvalue weighted by Gasteiger charge is -2.32. The van der Waals surface area contributed by atoms with Crippen LogP contribution in [0.3, 0.4) is 0 Å². The van der Waals surface area contributed by atoms with Crippen molar-refractivity contribution >= 4 is 10.0 Å². The molecule has 0 spiro atoms. The molecule has 2 aromatic rings. The molecule has 2 heterocycles. The van der Waals surface area contributed by atoms with Crippen LogP contribution in [0.15, 0.2) is 72.3 Å². The standard InChI is InChI=1S/C21H22N2O5S/c1-29(25,26)23-12-6-9-17(22)21(23)28-19-11-5-2-7-14(19)16-13-27-18-10-4-3-8-15(18)20(16)24/h2-11,16,20,24H,12-13,22H2,1H3. The average molecular weight is 414 g/mol. The van der Waals surface area contributed by atoms with Crippen molar-refractivity contribution in [3.05, 3.63) is 83.4 Å². The van der Waals surface area contributed by atoms with E-state index in [9.17, 15) is 13.5 Å². The van der Waals surface area contributed by atoms with Crippen molar-refractivity contribution in [3.63, 3.8) is 0 Å². The van der Waals surface area contributed by atoms with Gasteiger partial charge in [-0.3, -0.25) is 0 Å². The first-order chi connectivity index (χ1) is 13.9. The number of sulfonamides is 1. The van der Waals surface area contributed by atoms with Crippen molar-refractivity contribution < 1.29 is 23.0 Å². The van der Waals surface area contributed by atoms with Crippen LogP contribution in [-0.2, 0) is 10.0 Å². The minimum atomic E-state index is -3.57. The lowest BCUT2D eigenvalue weighted by Crippen LogP contribution is -2.36. The number of aliphatic hydroxyl groups excluding tert-OH is 1. The molecular weight excluding hydrogens is 392 g/mol. The largest absolute Gasteiger partial charge is 0.492 e. The molecule has 0 radical (unpaired) electrons. The molecule has 4 rings (SSSR count). The summed E-state index contributed by atoms with van der Waals surface area (Å²) in [6, 6.07) is 14.5. The third kappa shape index (κ3) is 3.68. The monoisotopic (exact) mass is 414 g/mol. The SMILES string of the molecule is CS(=O)(=O)N1CC=CC(N)=C1Oc1ccccc1C1COc2ccccc2C1O. The van der Waals surface area contributed by atoms with Crippen LogP contribution in [0.1, 0.15) is 23.1 Å². The van der Waals surface area contributed by atoms with E-state index in [0.29, 0.717) is 22.6 Å². The Morgan fingerprint density at radius 1 is 1.14 bits per heavy atom. The van der Waals surface area contributed by atoms with Gasteiger partial charge in [0.1, 0.15) is 11.5 Å². The van der Waals surface area contributed by atoms with Gasteiger partial charge in [0.15, 0.2) is 0 Å². The Hall–Kier alpha value is -2.97. The number of ether oxygens (including phenoxy) is 2. The van der Waals surface area contributed by atoms with Crippen molar-refractivity contribution in [2.75, 3.05) is 19.4 Å². The van der Waals surface area contributed by atoms with Gasteiger partial charge < -0.3 is 20.3 Å². The maximum Gasteiger partial charge on any atom is 0.234 e. The van der Waals surface area contributed by atoms with Crippen LogP contribution in [0.4, 0.5) is 0 Å². The fraction of sp³-hybridized carbons (Fsp3) is 0.238. The number of nitrogens with two attached hydrogens (primary N) is 1. The van der Waals surface area contributed by atoms with E-state index >= 15 is 0 Å². The van der Waals surface area contributed by atoms with Crippen molar-refractivity contribution in [1.82, 2.24) is 4.31 Å². The van der Waals surface area contributed by atoms with Gasteiger partial charge in [-0.2, -0.15) is 0 Å². The quantitative estimate of drug-likeness (QED) is 0.796. The van der Waals surface area contributed by atoms with E-state index in [2.05, 4.69) is 0 Å². The summed E-state index contributed by atoms with van der Waals surface area (Å²) in [6.45, 7) is 0.405. The van der Waals surface area contributed by atoms with Crippen molar-refractivity contribution in [2.24, 2.45) is 5.73 Å². The molecule has 0 fully saturated rings. The van der Waals surface area contributed by atoms with Crippen LogP contribution in [0.2, 0.25) is 0 Å². The second kappa shape index (κ2) is 7.46. The van der Waals surface area contributed by atoms with Crippen molar-refractivity contribution in [1.29, 1.82) is 0 Å². The molecule has 0 saturated carbocycles. The minimum Gasteiger partial charge on any atom is -0.492 e. The third-order valence-electron chi connectivity index (χ3n) is 5.00. The Labute approximate surface area is 169 Å². The van der Waals surface area contributed by atoms with Gasteiger partial charge in [-0.1, -0.05) is 42.5 Å². The molecule has 3 N–H and O–H groups in total. The van der Waals surface area contributed by atoms with Crippen LogP contribution in [-0.4, -0.2) is 37.2 Å². The summed E-state index contributed by atoms with van der Waals surface area (Å²) in [5, 5.41) is 10.9. The molecule has 0 aliphatic carbocycles. The number of allylic oxidation sites excluding steroid dienone is 1. The fourth-order valence-corrected chi connectivity index (χ4v) is 4.36. The Kier molecular flexibility index (Phi) is 4.97. The predicted molar refractivity (Wildman–Crippen MR) is 109 cm³/mol. The first-order valence-corrected chi connectivity index (χ1v) is 11.0. The highest BCUT2D eigenvalue weighted by atomic mass is 32.2. The van der Waals surface area contributed by atoms with Gasteiger partial charge in [-0.15, -0.1) is 0 Å². The zero-order valence-corrected chi connectivity index (χ0v) is 16.7. The summed E-state index contributed by atoms with van der Waals surface area (Å²) in [6.07, 6.45) is 3.59. The van der Waals surface area contributed by atoms with E-state index in [1.807, 2.05) is 36.4 Å². The zero-order valence-electron chi connectivity index (χ0n) is 15.9. The predicted octanol–water partition coefficient (Wildman–Crippen LogP) is 2.23. The number of para-hydroxylation sites is 2. The second-order valence-electron chi connectivity index (χ2n) is 7.00. The Morgan fingerprint density at radius 3 is 2.59 bits per heavy atom. The van der Waals surface area contributed by atoms with E-state index in [1.54, 1.807) is 24.3 Å². The number of aliphatic hydroxyl groups is 1. The normalized spacial score (nSPS) is 21.5. The van der Waals surface area contributed by atoms with Crippen molar-refractivity contribution in [3.8, 4) is 11.5 Å². The van der Waals surface area contributed by atoms with E-state index in [-0.39, 0.29) is 30.6 Å². The lowest BCUT2D eigenvalue weighted by molar-refractivity contribution is 0.0875. The van der Waals surface area contributed by atoms with Gasteiger partial charge in [0.05, 0.1) is 37.1 Å². The summed E-state index contributed by atoms with van der Waals surface area (Å²) in [7, 11) is -3.57. The molecule has 0 bridgehead atoms. The lowest BCUT2D eigenvalue weighted by atomic mass is 9.87. The average Bonchev–Trinajstić information content (AvgIpc) is 2.70. The molecule has 2 aliphatic rings. The fourth-order valence-electron chi connectivity index (χ4n) is 3.56.